The summed E-state index contributed by atoms with van der Waals surface area (Å²) in [6, 6.07) is 15.4. The topological polar surface area (TPSA) is 42.0 Å². The van der Waals surface area contributed by atoms with Gasteiger partial charge in [-0.05, 0) is 36.1 Å². The third-order valence-electron chi connectivity index (χ3n) is 5.92. The molecule has 1 saturated heterocycles. The van der Waals surface area contributed by atoms with Crippen LogP contribution in [0.1, 0.15) is 22.6 Å². The Bertz CT molecular complexity index is 860. The van der Waals surface area contributed by atoms with Gasteiger partial charge in [0.25, 0.3) is 0 Å². The van der Waals surface area contributed by atoms with Gasteiger partial charge in [-0.2, -0.15) is 0 Å². The minimum atomic E-state index is -0.222. The van der Waals surface area contributed by atoms with Crippen LogP contribution in [0.5, 0.6) is 0 Å². The number of ether oxygens (including phenoxy) is 2. The van der Waals surface area contributed by atoms with Crippen molar-refractivity contribution in [2.75, 3.05) is 53.6 Å². The van der Waals surface area contributed by atoms with Gasteiger partial charge in [-0.15, -0.1) is 0 Å². The summed E-state index contributed by atoms with van der Waals surface area (Å²) >= 11 is 0. The van der Waals surface area contributed by atoms with Crippen LogP contribution in [0.3, 0.4) is 0 Å². The lowest BCUT2D eigenvalue weighted by atomic mass is 9.88. The fourth-order valence-electron chi connectivity index (χ4n) is 4.48. The molecule has 1 aliphatic heterocycles. The molecule has 168 valence electrons. The van der Waals surface area contributed by atoms with Crippen LogP contribution in [-0.2, 0) is 20.8 Å². The number of hydrogen-bond acceptors (Lipinski definition) is 4. The van der Waals surface area contributed by atoms with E-state index in [1.807, 2.05) is 11.0 Å². The minimum Gasteiger partial charge on any atom is -0.383 e. The van der Waals surface area contributed by atoms with E-state index in [1.165, 1.54) is 24.3 Å². The molecule has 0 spiro atoms. The van der Waals surface area contributed by atoms with E-state index in [2.05, 4.69) is 36.1 Å². The van der Waals surface area contributed by atoms with E-state index >= 15 is 0 Å². The van der Waals surface area contributed by atoms with Crippen molar-refractivity contribution in [3.63, 3.8) is 0 Å². The Balaban J connectivity index is 1.80. The first-order chi connectivity index (χ1) is 15.0. The lowest BCUT2D eigenvalue weighted by Crippen LogP contribution is -2.41. The van der Waals surface area contributed by atoms with Gasteiger partial charge in [-0.3, -0.25) is 9.69 Å². The lowest BCUT2D eigenvalue weighted by Gasteiger charge is -2.28. The molecule has 0 radical (unpaired) electrons. The van der Waals surface area contributed by atoms with Crippen LogP contribution in [0.25, 0.3) is 0 Å². The molecule has 3 rings (SSSR count). The molecule has 0 saturated carbocycles. The van der Waals surface area contributed by atoms with E-state index < -0.39 is 0 Å². The quantitative estimate of drug-likeness (QED) is 0.581. The van der Waals surface area contributed by atoms with Gasteiger partial charge in [-0.25, -0.2) is 4.39 Å². The number of hydrogen-bond donors (Lipinski definition) is 0. The van der Waals surface area contributed by atoms with Crippen molar-refractivity contribution in [2.24, 2.45) is 5.92 Å². The number of likely N-dealkylation sites (tertiary alicyclic amines) is 1. The SMILES string of the molecule is COCCN(C[C@H]1CN(Cc2cccc(C)c2)C[C@@H]1c1cccc(F)c1)C(=O)COC. The summed E-state index contributed by atoms with van der Waals surface area (Å²) in [5.74, 6) is 0.0833. The van der Waals surface area contributed by atoms with Crippen LogP contribution in [0.4, 0.5) is 4.39 Å². The molecule has 2 aromatic carbocycles. The Hall–Kier alpha value is -2.28. The average Bonchev–Trinajstić information content (AvgIpc) is 3.13. The normalized spacial score (nSPS) is 19.0. The number of amides is 1. The van der Waals surface area contributed by atoms with Crippen molar-refractivity contribution < 1.29 is 18.7 Å². The Morgan fingerprint density at radius 2 is 1.94 bits per heavy atom. The van der Waals surface area contributed by atoms with E-state index in [9.17, 15) is 9.18 Å². The molecule has 1 heterocycles. The van der Waals surface area contributed by atoms with Gasteiger partial charge in [0.15, 0.2) is 0 Å². The van der Waals surface area contributed by atoms with E-state index in [4.69, 9.17) is 9.47 Å². The van der Waals surface area contributed by atoms with Gasteiger partial charge < -0.3 is 14.4 Å². The Kier molecular flexibility index (Phi) is 8.58. The van der Waals surface area contributed by atoms with E-state index in [-0.39, 0.29) is 30.2 Å². The fourth-order valence-corrected chi connectivity index (χ4v) is 4.48. The Morgan fingerprint density at radius 3 is 2.65 bits per heavy atom. The summed E-state index contributed by atoms with van der Waals surface area (Å²) in [6.07, 6.45) is 0. The summed E-state index contributed by atoms with van der Waals surface area (Å²) < 4.78 is 24.3. The molecule has 0 unspecified atom stereocenters. The number of aryl methyl sites for hydroxylation is 1. The molecule has 0 aromatic heterocycles. The Labute approximate surface area is 184 Å². The summed E-state index contributed by atoms with van der Waals surface area (Å²) in [5, 5.41) is 0. The second-order valence-electron chi connectivity index (χ2n) is 8.37. The Morgan fingerprint density at radius 1 is 1.13 bits per heavy atom. The summed E-state index contributed by atoms with van der Waals surface area (Å²) in [6.45, 7) is 6.25. The maximum atomic E-state index is 14.0. The fraction of sp³-hybridized carbons (Fsp3) is 0.480. The van der Waals surface area contributed by atoms with Gasteiger partial charge >= 0.3 is 0 Å². The molecule has 31 heavy (non-hydrogen) atoms. The predicted octanol–water partition coefficient (Wildman–Crippen LogP) is 3.47. The van der Waals surface area contributed by atoms with Gasteiger partial charge in [-0.1, -0.05) is 42.0 Å². The molecule has 1 amide bonds. The number of nitrogens with zero attached hydrogens (tertiary/aromatic N) is 2. The van der Waals surface area contributed by atoms with E-state index in [0.717, 1.165) is 25.2 Å². The first kappa shape index (κ1) is 23.4. The second-order valence-corrected chi connectivity index (χ2v) is 8.37. The van der Waals surface area contributed by atoms with Crippen molar-refractivity contribution in [2.45, 2.75) is 19.4 Å². The number of methoxy groups -OCH3 is 2. The van der Waals surface area contributed by atoms with E-state index in [0.29, 0.717) is 19.7 Å². The van der Waals surface area contributed by atoms with Crippen molar-refractivity contribution >= 4 is 5.91 Å². The van der Waals surface area contributed by atoms with Crippen molar-refractivity contribution in [1.82, 2.24) is 9.80 Å². The third-order valence-corrected chi connectivity index (χ3v) is 5.92. The van der Waals surface area contributed by atoms with Crippen molar-refractivity contribution in [3.05, 3.63) is 71.0 Å². The molecule has 0 bridgehead atoms. The highest BCUT2D eigenvalue weighted by Gasteiger charge is 2.35. The molecular formula is C25H33FN2O3. The summed E-state index contributed by atoms with van der Waals surface area (Å²) in [7, 11) is 3.16. The van der Waals surface area contributed by atoms with Crippen LogP contribution < -0.4 is 0 Å². The first-order valence-corrected chi connectivity index (χ1v) is 10.8. The van der Waals surface area contributed by atoms with Crippen LogP contribution >= 0.6 is 0 Å². The lowest BCUT2D eigenvalue weighted by molar-refractivity contribution is -0.136. The zero-order chi connectivity index (χ0) is 22.2. The van der Waals surface area contributed by atoms with Gasteiger partial charge in [0.1, 0.15) is 12.4 Å². The molecule has 0 N–H and O–H groups in total. The summed E-state index contributed by atoms with van der Waals surface area (Å²) in [4.78, 5) is 16.8. The summed E-state index contributed by atoms with van der Waals surface area (Å²) in [5.41, 5.74) is 3.50. The van der Waals surface area contributed by atoms with Gasteiger partial charge in [0.05, 0.1) is 6.61 Å². The predicted molar refractivity (Wildman–Crippen MR) is 119 cm³/mol. The second kappa shape index (κ2) is 11.4. The smallest absolute Gasteiger partial charge is 0.248 e. The number of carbonyl (C=O) groups excluding carboxylic acids is 1. The van der Waals surface area contributed by atoms with Crippen LogP contribution in [0.15, 0.2) is 48.5 Å². The minimum absolute atomic E-state index is 0.0466. The van der Waals surface area contributed by atoms with Gasteiger partial charge in [0.2, 0.25) is 5.91 Å². The zero-order valence-corrected chi connectivity index (χ0v) is 18.7. The molecule has 6 heteroatoms. The van der Waals surface area contributed by atoms with Crippen molar-refractivity contribution in [1.29, 1.82) is 0 Å². The molecular weight excluding hydrogens is 395 g/mol. The number of halogens is 1. The molecule has 1 fully saturated rings. The highest BCUT2D eigenvalue weighted by molar-refractivity contribution is 5.77. The monoisotopic (exact) mass is 428 g/mol. The van der Waals surface area contributed by atoms with Crippen LogP contribution in [-0.4, -0.2) is 69.3 Å². The third kappa shape index (κ3) is 6.60. The maximum Gasteiger partial charge on any atom is 0.248 e. The molecule has 5 nitrogen and oxygen atoms in total. The highest BCUT2D eigenvalue weighted by Crippen LogP contribution is 2.34. The van der Waals surface area contributed by atoms with Crippen LogP contribution in [0, 0.1) is 18.7 Å². The number of rotatable bonds is 10. The standard InChI is InChI=1S/C25H33FN2O3/c1-19-6-4-7-20(12-19)14-27-15-22(16-28(10-11-30-2)25(29)18-31-3)24(17-27)21-8-5-9-23(26)13-21/h4-9,12-13,22,24H,10-11,14-18H2,1-3H3/t22-,24-/m1/s1. The highest BCUT2D eigenvalue weighted by atomic mass is 19.1. The largest absolute Gasteiger partial charge is 0.383 e. The molecule has 2 aromatic rings. The molecule has 2 atom stereocenters. The average molecular weight is 429 g/mol. The van der Waals surface area contributed by atoms with E-state index in [1.54, 1.807) is 19.2 Å². The van der Waals surface area contributed by atoms with Crippen LogP contribution in [0.2, 0.25) is 0 Å². The van der Waals surface area contributed by atoms with Crippen molar-refractivity contribution in [3.8, 4) is 0 Å². The molecule has 1 aliphatic rings. The first-order valence-electron chi connectivity index (χ1n) is 10.8. The van der Waals surface area contributed by atoms with Gasteiger partial charge in [0, 0.05) is 52.9 Å². The maximum absolute atomic E-state index is 14.0. The number of benzene rings is 2. The molecule has 0 aliphatic carbocycles. The zero-order valence-electron chi connectivity index (χ0n) is 18.7. The number of carbonyl (C=O) groups is 1.